The van der Waals surface area contributed by atoms with E-state index in [-0.39, 0.29) is 35.8 Å². The van der Waals surface area contributed by atoms with Gasteiger partial charge in [0.15, 0.2) is 0 Å². The Bertz CT molecular complexity index is 632. The molecule has 0 unspecified atom stereocenters. The van der Waals surface area contributed by atoms with E-state index in [4.69, 9.17) is 6.85 Å². The van der Waals surface area contributed by atoms with Gasteiger partial charge in [-0.3, -0.25) is 0 Å². The van der Waals surface area contributed by atoms with Crippen molar-refractivity contribution in [3.8, 4) is 11.1 Å². The Hall–Kier alpha value is -1.56. The average molecular weight is 187 g/mol. The maximum Gasteiger partial charge on any atom is 0.0629 e. The summed E-state index contributed by atoms with van der Waals surface area (Å²) >= 11 is 0. The standard InChI is InChI=1S/C14H14/c1-11-8-9-14(12(2)10-11)13-6-4-3-5-7-13/h3-10H,1-2H3/i3D,4D,5D,6D,7D. The fraction of sp³-hybridized carbons (Fsp3) is 0.143. The summed E-state index contributed by atoms with van der Waals surface area (Å²) in [5.74, 6) is 0. The molecule has 0 radical (unpaired) electrons. The first-order chi connectivity index (χ1) is 8.84. The molecular weight excluding hydrogens is 168 g/mol. The molecule has 0 aliphatic rings. The van der Waals surface area contributed by atoms with Crippen molar-refractivity contribution in [2.45, 2.75) is 13.8 Å². The zero-order chi connectivity index (χ0) is 14.3. The van der Waals surface area contributed by atoms with Crippen LogP contribution in [0.25, 0.3) is 11.1 Å². The second kappa shape index (κ2) is 3.67. The summed E-state index contributed by atoms with van der Waals surface area (Å²) < 4.78 is 38.9. The molecule has 14 heavy (non-hydrogen) atoms. The summed E-state index contributed by atoms with van der Waals surface area (Å²) in [6, 6.07) is 4.36. The van der Waals surface area contributed by atoms with Gasteiger partial charge in [-0.25, -0.2) is 0 Å². The molecule has 0 heterocycles. The molecule has 0 heteroatoms. The summed E-state index contributed by atoms with van der Waals surface area (Å²) in [5, 5.41) is 0. The Kier molecular flexibility index (Phi) is 1.25. The number of rotatable bonds is 1. The van der Waals surface area contributed by atoms with Crippen molar-refractivity contribution in [2.24, 2.45) is 0 Å². The lowest BCUT2D eigenvalue weighted by Gasteiger charge is -2.06. The Morgan fingerprint density at radius 3 is 2.36 bits per heavy atom. The van der Waals surface area contributed by atoms with Crippen molar-refractivity contribution < 1.29 is 6.85 Å². The van der Waals surface area contributed by atoms with Crippen LogP contribution in [0.5, 0.6) is 0 Å². The van der Waals surface area contributed by atoms with Crippen molar-refractivity contribution >= 4 is 0 Å². The van der Waals surface area contributed by atoms with Gasteiger partial charge in [-0.15, -0.1) is 0 Å². The molecule has 0 bridgehead atoms. The van der Waals surface area contributed by atoms with Crippen LogP contribution >= 0.6 is 0 Å². The van der Waals surface area contributed by atoms with Gasteiger partial charge in [0.25, 0.3) is 0 Å². The van der Waals surface area contributed by atoms with Gasteiger partial charge < -0.3 is 0 Å². The van der Waals surface area contributed by atoms with Crippen LogP contribution in [0.2, 0.25) is 0 Å². The number of aryl methyl sites for hydroxylation is 2. The minimum atomic E-state index is -0.358. The van der Waals surface area contributed by atoms with E-state index in [1.807, 2.05) is 26.0 Å². The Morgan fingerprint density at radius 2 is 1.71 bits per heavy atom. The van der Waals surface area contributed by atoms with Crippen LogP contribution in [-0.4, -0.2) is 0 Å². The third-order valence-electron chi connectivity index (χ3n) is 2.15. The third kappa shape index (κ3) is 1.69. The molecule has 70 valence electrons. The topological polar surface area (TPSA) is 0 Å². The summed E-state index contributed by atoms with van der Waals surface area (Å²) in [5.41, 5.74) is 2.93. The average Bonchev–Trinajstić information content (AvgIpc) is 2.37. The first-order valence-corrected chi connectivity index (χ1v) is 4.49. The van der Waals surface area contributed by atoms with Gasteiger partial charge in [-0.05, 0) is 30.5 Å². The zero-order valence-electron chi connectivity index (χ0n) is 13.2. The Morgan fingerprint density at radius 1 is 1.00 bits per heavy atom. The van der Waals surface area contributed by atoms with E-state index in [9.17, 15) is 0 Å². The Labute approximate surface area is 92.2 Å². The molecule has 0 aliphatic heterocycles. The van der Waals surface area contributed by atoms with Crippen LogP contribution < -0.4 is 0 Å². The molecule has 2 aromatic carbocycles. The highest BCUT2D eigenvalue weighted by Crippen LogP contribution is 2.23. The molecule has 0 amide bonds. The number of hydrogen-bond donors (Lipinski definition) is 0. The molecule has 0 N–H and O–H groups in total. The molecule has 0 spiro atoms. The highest BCUT2D eigenvalue weighted by molar-refractivity contribution is 5.67. The summed E-state index contributed by atoms with van der Waals surface area (Å²) in [6.45, 7) is 3.84. The lowest BCUT2D eigenvalue weighted by Crippen LogP contribution is -1.83. The Balaban J connectivity index is 2.83. The second-order valence-corrected chi connectivity index (χ2v) is 3.32. The van der Waals surface area contributed by atoms with E-state index < -0.39 is 0 Å². The summed E-state index contributed by atoms with van der Waals surface area (Å²) in [7, 11) is 0. The lowest BCUT2D eigenvalue weighted by molar-refractivity contribution is 1.38. The van der Waals surface area contributed by atoms with Crippen molar-refractivity contribution in [2.75, 3.05) is 0 Å². The molecule has 2 aromatic rings. The van der Waals surface area contributed by atoms with E-state index in [1.54, 1.807) is 6.07 Å². The molecule has 0 saturated carbocycles. The fourth-order valence-electron chi connectivity index (χ4n) is 1.48. The van der Waals surface area contributed by atoms with Crippen LogP contribution in [0, 0.1) is 13.8 Å². The lowest BCUT2D eigenvalue weighted by atomic mass is 9.99. The van der Waals surface area contributed by atoms with Crippen LogP contribution in [-0.2, 0) is 0 Å². The molecule has 0 aliphatic carbocycles. The maximum absolute atomic E-state index is 7.95. The van der Waals surface area contributed by atoms with E-state index >= 15 is 0 Å². The highest BCUT2D eigenvalue weighted by Gasteiger charge is 1.99. The van der Waals surface area contributed by atoms with Crippen molar-refractivity contribution in [1.82, 2.24) is 0 Å². The fourth-order valence-corrected chi connectivity index (χ4v) is 1.48. The van der Waals surface area contributed by atoms with Gasteiger partial charge in [0.2, 0.25) is 0 Å². The summed E-state index contributed by atoms with van der Waals surface area (Å²) in [4.78, 5) is 0. The largest absolute Gasteiger partial charge is 0.0629 e. The van der Waals surface area contributed by atoms with Gasteiger partial charge in [0, 0.05) is 0 Å². The maximum atomic E-state index is 7.95. The first-order valence-electron chi connectivity index (χ1n) is 6.99. The highest BCUT2D eigenvalue weighted by atomic mass is 14.0. The molecule has 0 atom stereocenters. The first kappa shape index (κ1) is 4.79. The predicted octanol–water partition coefficient (Wildman–Crippen LogP) is 3.97. The monoisotopic (exact) mass is 187 g/mol. The third-order valence-corrected chi connectivity index (χ3v) is 2.15. The minimum Gasteiger partial charge on any atom is -0.0622 e. The molecule has 2 rings (SSSR count). The van der Waals surface area contributed by atoms with E-state index in [0.717, 1.165) is 11.1 Å². The quantitative estimate of drug-likeness (QED) is 0.633. The molecule has 0 aromatic heterocycles. The van der Waals surface area contributed by atoms with Gasteiger partial charge in [0.1, 0.15) is 0 Å². The van der Waals surface area contributed by atoms with Crippen LogP contribution in [0.1, 0.15) is 18.0 Å². The normalized spacial score (nSPS) is 15.1. The van der Waals surface area contributed by atoms with Crippen molar-refractivity contribution in [1.29, 1.82) is 0 Å². The minimum absolute atomic E-state index is 0.155. The molecule has 0 saturated heterocycles. The van der Waals surface area contributed by atoms with Gasteiger partial charge in [0.05, 0.1) is 6.85 Å². The zero-order valence-corrected chi connectivity index (χ0v) is 8.23. The predicted molar refractivity (Wildman–Crippen MR) is 61.4 cm³/mol. The van der Waals surface area contributed by atoms with E-state index in [0.29, 0.717) is 5.56 Å². The van der Waals surface area contributed by atoms with E-state index in [1.165, 1.54) is 0 Å². The van der Waals surface area contributed by atoms with E-state index in [2.05, 4.69) is 0 Å². The van der Waals surface area contributed by atoms with Crippen LogP contribution in [0.3, 0.4) is 0 Å². The molecular formula is C14H14. The number of benzene rings is 2. The van der Waals surface area contributed by atoms with Gasteiger partial charge >= 0.3 is 0 Å². The van der Waals surface area contributed by atoms with Crippen LogP contribution in [0.4, 0.5) is 0 Å². The second-order valence-electron chi connectivity index (χ2n) is 3.32. The SMILES string of the molecule is [2H]c1c([2H])c([2H])c(-c2ccc(C)cc2C)c([2H])c1[2H]. The smallest absolute Gasteiger partial charge is 0.0622 e. The van der Waals surface area contributed by atoms with Crippen molar-refractivity contribution in [3.63, 3.8) is 0 Å². The van der Waals surface area contributed by atoms with Crippen LogP contribution in [0.15, 0.2) is 48.4 Å². The van der Waals surface area contributed by atoms with Crippen molar-refractivity contribution in [3.05, 3.63) is 59.5 Å². The van der Waals surface area contributed by atoms with Gasteiger partial charge in [-0.2, -0.15) is 0 Å². The summed E-state index contributed by atoms with van der Waals surface area (Å²) in [6.07, 6.45) is 0. The molecule has 0 fully saturated rings. The number of hydrogen-bond acceptors (Lipinski definition) is 0. The van der Waals surface area contributed by atoms with Gasteiger partial charge in [-0.1, -0.05) is 54.0 Å². The molecule has 0 nitrogen and oxygen atoms in total.